The van der Waals surface area contributed by atoms with Crippen LogP contribution in [-0.4, -0.2) is 33.3 Å². The van der Waals surface area contributed by atoms with Crippen LogP contribution >= 0.6 is 0 Å². The topological polar surface area (TPSA) is 114 Å². The van der Waals surface area contributed by atoms with E-state index in [9.17, 15) is 19.5 Å². The highest BCUT2D eigenvalue weighted by Gasteiger charge is 2.34. The minimum Gasteiger partial charge on any atom is -0.481 e. The summed E-state index contributed by atoms with van der Waals surface area (Å²) in [5, 5.41) is 16.2. The first-order valence-corrected chi connectivity index (χ1v) is 9.08. The van der Waals surface area contributed by atoms with Gasteiger partial charge in [-0.1, -0.05) is 19.3 Å². The van der Waals surface area contributed by atoms with Gasteiger partial charge in [-0.3, -0.25) is 14.4 Å². The molecule has 0 radical (unpaired) electrons. The van der Waals surface area contributed by atoms with Gasteiger partial charge in [0.2, 0.25) is 5.91 Å². The number of hydrogen-bond acceptors (Lipinski definition) is 5. The van der Waals surface area contributed by atoms with E-state index in [2.05, 4.69) is 10.4 Å². The van der Waals surface area contributed by atoms with Crippen molar-refractivity contribution in [3.8, 4) is 11.5 Å². The van der Waals surface area contributed by atoms with Gasteiger partial charge in [0.1, 0.15) is 12.2 Å². The molecule has 0 aliphatic heterocycles. The molecule has 1 fully saturated rings. The van der Waals surface area contributed by atoms with Crippen LogP contribution < -0.4 is 10.9 Å². The number of nitrogens with zero attached hydrogens (tertiary/aromatic N) is 2. The van der Waals surface area contributed by atoms with Crippen molar-refractivity contribution in [2.45, 2.75) is 45.1 Å². The lowest BCUT2D eigenvalue weighted by Gasteiger charge is -2.36. The number of carbonyl (C=O) groups excluding carboxylic acids is 1. The molecule has 8 heteroatoms. The minimum atomic E-state index is -0.852. The van der Waals surface area contributed by atoms with Crippen molar-refractivity contribution >= 4 is 11.9 Å². The van der Waals surface area contributed by atoms with E-state index in [1.165, 1.54) is 12.3 Å². The second-order valence-corrected chi connectivity index (χ2v) is 7.10. The summed E-state index contributed by atoms with van der Waals surface area (Å²) in [5.41, 5.74) is -0.339. The van der Waals surface area contributed by atoms with Crippen LogP contribution in [0.15, 0.2) is 39.7 Å². The van der Waals surface area contributed by atoms with E-state index in [0.29, 0.717) is 18.0 Å². The molecule has 2 aromatic rings. The number of carbonyl (C=O) groups is 2. The molecule has 1 aliphatic carbocycles. The number of furan rings is 1. The molecule has 0 spiro atoms. The third-order valence-corrected chi connectivity index (χ3v) is 5.03. The lowest BCUT2D eigenvalue weighted by Crippen LogP contribution is -2.42. The molecule has 1 aliphatic rings. The summed E-state index contributed by atoms with van der Waals surface area (Å²) in [6.45, 7) is 0.0707. The zero-order valence-electron chi connectivity index (χ0n) is 15.0. The van der Waals surface area contributed by atoms with Crippen molar-refractivity contribution < 1.29 is 19.1 Å². The van der Waals surface area contributed by atoms with Crippen molar-refractivity contribution in [2.75, 3.05) is 6.54 Å². The van der Waals surface area contributed by atoms with Gasteiger partial charge in [-0.05, 0) is 36.5 Å². The lowest BCUT2D eigenvalue weighted by atomic mass is 9.71. The van der Waals surface area contributed by atoms with Gasteiger partial charge < -0.3 is 14.8 Å². The molecular weight excluding hydrogens is 350 g/mol. The van der Waals surface area contributed by atoms with Gasteiger partial charge in [0, 0.05) is 12.6 Å². The highest BCUT2D eigenvalue weighted by molar-refractivity contribution is 5.76. The van der Waals surface area contributed by atoms with Crippen LogP contribution in [0.1, 0.15) is 38.5 Å². The highest BCUT2D eigenvalue weighted by atomic mass is 16.4. The van der Waals surface area contributed by atoms with Crippen LogP contribution in [0.4, 0.5) is 0 Å². The molecule has 1 amide bonds. The van der Waals surface area contributed by atoms with Crippen LogP contribution in [0.2, 0.25) is 0 Å². The molecule has 144 valence electrons. The molecule has 8 nitrogen and oxygen atoms in total. The minimum absolute atomic E-state index is 0.0411. The molecule has 0 unspecified atom stereocenters. The normalized spacial score (nSPS) is 16.0. The standard InChI is InChI=1S/C19H23N3O5/c23-16(20-13-19(11-18(25)26)8-2-1-3-9-19)12-22-17(24)7-6-14(21-22)15-5-4-10-27-15/h4-7,10H,1-3,8-9,11-13H2,(H,20,23)(H,25,26). The van der Waals surface area contributed by atoms with Crippen LogP contribution in [0.5, 0.6) is 0 Å². The predicted octanol–water partition coefficient (Wildman–Crippen LogP) is 2.04. The number of carboxylic acid groups (broad SMARTS) is 1. The zero-order valence-corrected chi connectivity index (χ0v) is 15.0. The molecule has 0 atom stereocenters. The summed E-state index contributed by atoms with van der Waals surface area (Å²) in [6.07, 6.45) is 6.14. The summed E-state index contributed by atoms with van der Waals surface area (Å²) in [7, 11) is 0. The Morgan fingerprint density at radius 3 is 2.67 bits per heavy atom. The average Bonchev–Trinajstić information content (AvgIpc) is 3.17. The maximum Gasteiger partial charge on any atom is 0.303 e. The SMILES string of the molecule is O=C(O)CC1(CNC(=O)Cn2nc(-c3ccco3)ccc2=O)CCCCC1. The van der Waals surface area contributed by atoms with Gasteiger partial charge in [-0.25, -0.2) is 4.68 Å². The van der Waals surface area contributed by atoms with Gasteiger partial charge in [0.05, 0.1) is 12.7 Å². The third-order valence-electron chi connectivity index (χ3n) is 5.03. The molecule has 27 heavy (non-hydrogen) atoms. The van der Waals surface area contributed by atoms with Gasteiger partial charge in [-0.15, -0.1) is 0 Å². The Labute approximate surface area is 156 Å². The Morgan fingerprint density at radius 2 is 2.00 bits per heavy atom. The van der Waals surface area contributed by atoms with Crippen molar-refractivity contribution in [3.05, 3.63) is 40.9 Å². The van der Waals surface area contributed by atoms with Crippen LogP contribution in [0.25, 0.3) is 11.5 Å². The summed E-state index contributed by atoms with van der Waals surface area (Å²) in [6, 6.07) is 6.31. The number of nitrogens with one attached hydrogen (secondary N) is 1. The fourth-order valence-electron chi connectivity index (χ4n) is 3.63. The fourth-order valence-corrected chi connectivity index (χ4v) is 3.63. The average molecular weight is 373 g/mol. The second kappa shape index (κ2) is 8.20. The Kier molecular flexibility index (Phi) is 5.73. The predicted molar refractivity (Wildman–Crippen MR) is 97.0 cm³/mol. The summed E-state index contributed by atoms with van der Waals surface area (Å²) >= 11 is 0. The molecule has 3 rings (SSSR count). The molecule has 1 saturated carbocycles. The maximum atomic E-state index is 12.4. The highest BCUT2D eigenvalue weighted by Crippen LogP contribution is 2.38. The largest absolute Gasteiger partial charge is 0.481 e. The van der Waals surface area contributed by atoms with Crippen molar-refractivity contribution in [3.63, 3.8) is 0 Å². The number of carboxylic acids is 1. The molecule has 2 N–H and O–H groups in total. The van der Waals surface area contributed by atoms with E-state index in [-0.39, 0.29) is 18.9 Å². The van der Waals surface area contributed by atoms with E-state index in [1.807, 2.05) is 0 Å². The quantitative estimate of drug-likeness (QED) is 0.768. The molecule has 0 aromatic carbocycles. The number of aliphatic carboxylic acids is 1. The smallest absolute Gasteiger partial charge is 0.303 e. The van der Waals surface area contributed by atoms with E-state index < -0.39 is 16.9 Å². The van der Waals surface area contributed by atoms with Gasteiger partial charge in [0.25, 0.3) is 5.56 Å². The molecule has 0 saturated heterocycles. The van der Waals surface area contributed by atoms with E-state index in [0.717, 1.165) is 36.8 Å². The van der Waals surface area contributed by atoms with Crippen LogP contribution in [0, 0.1) is 5.41 Å². The maximum absolute atomic E-state index is 12.4. The molecule has 2 heterocycles. The first-order chi connectivity index (χ1) is 13.0. The van der Waals surface area contributed by atoms with Crippen molar-refractivity contribution in [2.24, 2.45) is 5.41 Å². The zero-order chi connectivity index (χ0) is 19.3. The first kappa shape index (κ1) is 18.9. The fraction of sp³-hybridized carbons (Fsp3) is 0.474. The number of hydrogen-bond donors (Lipinski definition) is 2. The Hall–Kier alpha value is -2.90. The lowest BCUT2D eigenvalue weighted by molar-refractivity contribution is -0.140. The van der Waals surface area contributed by atoms with Gasteiger partial charge >= 0.3 is 5.97 Å². The van der Waals surface area contributed by atoms with E-state index in [1.54, 1.807) is 18.2 Å². The summed E-state index contributed by atoms with van der Waals surface area (Å²) in [4.78, 5) is 35.6. The molecule has 0 bridgehead atoms. The van der Waals surface area contributed by atoms with Gasteiger partial charge in [-0.2, -0.15) is 5.10 Å². The van der Waals surface area contributed by atoms with Crippen LogP contribution in [-0.2, 0) is 16.1 Å². The number of amides is 1. The Morgan fingerprint density at radius 1 is 1.22 bits per heavy atom. The molecular formula is C19H23N3O5. The summed E-state index contributed by atoms with van der Waals surface area (Å²) in [5.74, 6) is -0.710. The van der Waals surface area contributed by atoms with E-state index in [4.69, 9.17) is 4.42 Å². The summed E-state index contributed by atoms with van der Waals surface area (Å²) < 4.78 is 6.34. The second-order valence-electron chi connectivity index (χ2n) is 7.10. The number of aromatic nitrogens is 2. The van der Waals surface area contributed by atoms with Gasteiger partial charge in [0.15, 0.2) is 5.76 Å². The first-order valence-electron chi connectivity index (χ1n) is 9.08. The van der Waals surface area contributed by atoms with Crippen LogP contribution in [0.3, 0.4) is 0 Å². The Balaban J connectivity index is 1.66. The Bertz CT molecular complexity index is 850. The number of rotatable bonds is 7. The monoisotopic (exact) mass is 373 g/mol. The third kappa shape index (κ3) is 4.84. The molecule has 2 aromatic heterocycles. The van der Waals surface area contributed by atoms with Crippen molar-refractivity contribution in [1.29, 1.82) is 0 Å². The van der Waals surface area contributed by atoms with Crippen molar-refractivity contribution in [1.82, 2.24) is 15.1 Å². The van der Waals surface area contributed by atoms with E-state index >= 15 is 0 Å².